The highest BCUT2D eigenvalue weighted by molar-refractivity contribution is 5.70. The fourth-order valence-corrected chi connectivity index (χ4v) is 1.19. The molecular weight excluding hydrogens is 206 g/mol. The van der Waals surface area contributed by atoms with Crippen molar-refractivity contribution >= 4 is 18.1 Å². The number of hydrogen-bond acceptors (Lipinski definition) is 2. The molecule has 86 valence electrons. The van der Waals surface area contributed by atoms with Crippen molar-refractivity contribution in [1.82, 2.24) is 10.6 Å². The molecule has 0 saturated heterocycles. The van der Waals surface area contributed by atoms with Crippen LogP contribution >= 0.6 is 0 Å². The van der Waals surface area contributed by atoms with Crippen LogP contribution < -0.4 is 15.4 Å². The number of rotatable bonds is 3. The van der Waals surface area contributed by atoms with E-state index in [1.807, 2.05) is 30.8 Å². The first-order valence-electron chi connectivity index (χ1n) is 4.90. The lowest BCUT2D eigenvalue weighted by Crippen LogP contribution is -2.22. The molecule has 16 heavy (non-hydrogen) atoms. The van der Waals surface area contributed by atoms with E-state index in [9.17, 15) is 4.79 Å². The van der Waals surface area contributed by atoms with Crippen LogP contribution in [-0.2, 0) is 0 Å². The Balaban J connectivity index is 2.86. The molecule has 0 bridgehead atoms. The molecule has 0 saturated carbocycles. The molecule has 1 rings (SSSR count). The van der Waals surface area contributed by atoms with Gasteiger partial charge in [-0.25, -0.2) is 9.37 Å². The fraction of sp³-hybridized carbons (Fsp3) is 0.273. The predicted molar refractivity (Wildman–Crippen MR) is 62.5 cm³/mol. The van der Waals surface area contributed by atoms with Gasteiger partial charge in [-0.05, 0) is 12.1 Å². The molecule has 1 amide bonds. The van der Waals surface area contributed by atoms with E-state index >= 15 is 0 Å². The third-order valence-corrected chi connectivity index (χ3v) is 1.96. The Hall–Kier alpha value is -2.04. The first kappa shape index (κ1) is 12.0. The Bertz CT molecular complexity index is 402. The van der Waals surface area contributed by atoms with E-state index < -0.39 is 6.09 Å². The van der Waals surface area contributed by atoms with Crippen molar-refractivity contribution in [2.24, 2.45) is 0 Å². The lowest BCUT2D eigenvalue weighted by Gasteiger charge is -2.05. The third kappa shape index (κ3) is 3.27. The molecule has 0 spiro atoms. The van der Waals surface area contributed by atoms with Gasteiger partial charge in [0, 0.05) is 13.1 Å². The van der Waals surface area contributed by atoms with Gasteiger partial charge in [0.15, 0.2) is 0 Å². The van der Waals surface area contributed by atoms with Gasteiger partial charge in [-0.1, -0.05) is 6.07 Å². The molecule has 5 heteroatoms. The largest absolute Gasteiger partial charge is 0.412 e. The minimum atomic E-state index is -0.475. The van der Waals surface area contributed by atoms with Gasteiger partial charge in [-0.3, -0.25) is 5.32 Å². The van der Waals surface area contributed by atoms with Crippen LogP contribution in [0.5, 0.6) is 5.75 Å². The molecule has 0 radical (unpaired) electrons. The summed E-state index contributed by atoms with van der Waals surface area (Å²) in [5.74, 6) is 0.508. The molecule has 0 aliphatic rings. The summed E-state index contributed by atoms with van der Waals surface area (Å²) < 4.78 is 6.91. The Kier molecular flexibility index (Phi) is 4.32. The van der Waals surface area contributed by atoms with Gasteiger partial charge in [-0.2, -0.15) is 0 Å². The molecule has 1 aromatic rings. The molecule has 0 aliphatic heterocycles. The van der Waals surface area contributed by atoms with Crippen molar-refractivity contribution < 1.29 is 14.1 Å². The van der Waals surface area contributed by atoms with E-state index in [-0.39, 0.29) is 0 Å². The maximum atomic E-state index is 11.0. The second-order valence-electron chi connectivity index (χ2n) is 3.17. The molecule has 0 heterocycles. The number of amides is 1. The fourth-order valence-electron chi connectivity index (χ4n) is 1.19. The summed E-state index contributed by atoms with van der Waals surface area (Å²) in [6.07, 6.45) is 1.33. The normalized spacial score (nSPS) is 10.8. The van der Waals surface area contributed by atoms with E-state index in [1.165, 1.54) is 7.05 Å². The van der Waals surface area contributed by atoms with E-state index in [2.05, 4.69) is 10.6 Å². The van der Waals surface area contributed by atoms with E-state index in [4.69, 9.17) is 4.74 Å². The van der Waals surface area contributed by atoms with Gasteiger partial charge in [0.05, 0.1) is 14.1 Å². The lowest BCUT2D eigenvalue weighted by molar-refractivity contribution is -0.401. The summed E-state index contributed by atoms with van der Waals surface area (Å²) in [5, 5.41) is 5.31. The summed E-state index contributed by atoms with van der Waals surface area (Å²) in [5.41, 5.74) is 0.927. The number of nitrogens with zero attached hydrogens (tertiary/aromatic N) is 1. The Morgan fingerprint density at radius 1 is 1.44 bits per heavy atom. The number of ether oxygens (including phenoxy) is 1. The molecule has 0 aliphatic carbocycles. The highest BCUT2D eigenvalue weighted by Gasteiger charge is 2.04. The Labute approximate surface area is 94.7 Å². The Morgan fingerprint density at radius 3 is 2.81 bits per heavy atom. The quantitative estimate of drug-likeness (QED) is 0.454. The van der Waals surface area contributed by atoms with Crippen LogP contribution in [-0.4, -0.2) is 38.2 Å². The average molecular weight is 222 g/mol. The zero-order valence-corrected chi connectivity index (χ0v) is 9.65. The van der Waals surface area contributed by atoms with Gasteiger partial charge in [0.25, 0.3) is 0 Å². The predicted octanol–water partition coefficient (Wildman–Crippen LogP) is 0.926. The van der Waals surface area contributed by atoms with Gasteiger partial charge >= 0.3 is 6.09 Å². The van der Waals surface area contributed by atoms with Crippen LogP contribution in [0.1, 0.15) is 0 Å². The van der Waals surface area contributed by atoms with Crippen molar-refractivity contribution in [3.05, 3.63) is 24.3 Å². The zero-order chi connectivity index (χ0) is 12.0. The lowest BCUT2D eigenvalue weighted by atomic mass is 10.3. The van der Waals surface area contributed by atoms with Crippen LogP contribution in [0.3, 0.4) is 0 Å². The van der Waals surface area contributed by atoms with Crippen LogP contribution in [0.4, 0.5) is 10.5 Å². The summed E-state index contributed by atoms with van der Waals surface area (Å²) in [6, 6.07) is 7.26. The van der Waals surface area contributed by atoms with Crippen molar-refractivity contribution in [3.63, 3.8) is 0 Å². The van der Waals surface area contributed by atoms with Crippen molar-refractivity contribution in [3.8, 4) is 5.75 Å². The number of carbonyl (C=O) groups excluding carboxylic acids is 1. The minimum absolute atomic E-state index is 0.475. The van der Waals surface area contributed by atoms with Crippen LogP contribution in [0.2, 0.25) is 0 Å². The van der Waals surface area contributed by atoms with E-state index in [0.29, 0.717) is 5.75 Å². The molecule has 0 aromatic heterocycles. The zero-order valence-electron chi connectivity index (χ0n) is 9.65. The first-order valence-corrected chi connectivity index (χ1v) is 4.90. The van der Waals surface area contributed by atoms with Crippen LogP contribution in [0.15, 0.2) is 24.3 Å². The maximum absolute atomic E-state index is 11.0. The van der Waals surface area contributed by atoms with Crippen molar-refractivity contribution in [1.29, 1.82) is 0 Å². The minimum Gasteiger partial charge on any atom is -0.410 e. The second-order valence-corrected chi connectivity index (χ2v) is 3.17. The van der Waals surface area contributed by atoms with Crippen molar-refractivity contribution in [2.45, 2.75) is 0 Å². The summed E-state index contributed by atoms with van der Waals surface area (Å²) >= 11 is 0. The molecule has 5 nitrogen and oxygen atoms in total. The molecule has 0 unspecified atom stereocenters. The maximum Gasteiger partial charge on any atom is 0.412 e. The molecular formula is C11H16N3O2+. The average Bonchev–Trinajstić information content (AvgIpc) is 2.29. The first-order chi connectivity index (χ1) is 7.67. The molecule has 0 atom stereocenters. The third-order valence-electron chi connectivity index (χ3n) is 1.96. The second kappa shape index (κ2) is 5.75. The van der Waals surface area contributed by atoms with Crippen LogP contribution in [0.25, 0.3) is 0 Å². The Morgan fingerprint density at radius 2 is 2.19 bits per heavy atom. The van der Waals surface area contributed by atoms with E-state index in [0.717, 1.165) is 5.69 Å². The summed E-state index contributed by atoms with van der Waals surface area (Å²) in [6.45, 7) is 0. The summed E-state index contributed by atoms with van der Waals surface area (Å²) in [4.78, 5) is 11.0. The standard InChI is InChI=1S/C11H15N3O2/c1-12-8-14(3)9-5-4-6-10(7-9)16-11(15)13-2/h4-8H,1-3H3,(H,13,15)/p+1. The number of nitrogens with one attached hydrogen (secondary N) is 2. The number of benzene rings is 1. The summed E-state index contributed by atoms with van der Waals surface area (Å²) in [7, 11) is 5.24. The monoisotopic (exact) mass is 222 g/mol. The van der Waals surface area contributed by atoms with Crippen molar-refractivity contribution in [2.75, 3.05) is 21.1 Å². The van der Waals surface area contributed by atoms with Crippen LogP contribution in [0, 0.1) is 0 Å². The topological polar surface area (TPSA) is 53.4 Å². The highest BCUT2D eigenvalue weighted by atomic mass is 16.5. The van der Waals surface area contributed by atoms with E-state index in [1.54, 1.807) is 18.5 Å². The number of hydrogen-bond donors (Lipinski definition) is 2. The molecule has 0 fully saturated rings. The van der Waals surface area contributed by atoms with Gasteiger partial charge in [0.2, 0.25) is 6.34 Å². The smallest absolute Gasteiger partial charge is 0.410 e. The SMILES string of the molecule is CNC=[N+](C)c1cccc(OC(=O)NC)c1. The highest BCUT2D eigenvalue weighted by Crippen LogP contribution is 2.18. The van der Waals surface area contributed by atoms with Gasteiger partial charge < -0.3 is 10.1 Å². The molecule has 1 aromatic carbocycles. The number of carbonyl (C=O) groups is 1. The molecule has 2 N–H and O–H groups in total. The van der Waals surface area contributed by atoms with Gasteiger partial charge in [-0.15, -0.1) is 0 Å². The van der Waals surface area contributed by atoms with Gasteiger partial charge in [0.1, 0.15) is 11.4 Å².